The number of nitrogens with one attached hydrogen (secondary N) is 1. The van der Waals surface area contributed by atoms with E-state index in [9.17, 15) is 9.59 Å². The Bertz CT molecular complexity index is 759. The monoisotopic (exact) mass is 383 g/mol. The molecule has 3 amide bonds. The summed E-state index contributed by atoms with van der Waals surface area (Å²) in [6, 6.07) is 17.2. The molecule has 1 N–H and O–H groups in total. The summed E-state index contributed by atoms with van der Waals surface area (Å²) >= 11 is 1.89. The second-order valence-electron chi connectivity index (χ2n) is 6.64. The molecule has 142 valence electrons. The van der Waals surface area contributed by atoms with Crippen molar-refractivity contribution in [1.82, 2.24) is 9.80 Å². The lowest BCUT2D eigenvalue weighted by Crippen LogP contribution is -2.38. The van der Waals surface area contributed by atoms with E-state index in [0.717, 1.165) is 41.4 Å². The number of amides is 3. The fourth-order valence-electron chi connectivity index (χ4n) is 2.95. The molecule has 0 spiro atoms. The van der Waals surface area contributed by atoms with Crippen LogP contribution in [0.15, 0.2) is 54.6 Å². The Balaban J connectivity index is 1.50. The van der Waals surface area contributed by atoms with Gasteiger partial charge in [-0.2, -0.15) is 11.8 Å². The first-order valence-corrected chi connectivity index (χ1v) is 10.3. The zero-order valence-electron chi connectivity index (χ0n) is 15.6. The van der Waals surface area contributed by atoms with Gasteiger partial charge in [0.2, 0.25) is 5.91 Å². The molecule has 2 aromatic rings. The van der Waals surface area contributed by atoms with E-state index in [4.69, 9.17) is 0 Å². The fraction of sp³-hybridized carbons (Fsp3) is 0.333. The van der Waals surface area contributed by atoms with Crippen molar-refractivity contribution in [3.63, 3.8) is 0 Å². The maximum Gasteiger partial charge on any atom is 0.321 e. The molecule has 5 nitrogen and oxygen atoms in total. The molecule has 1 aliphatic rings. The highest BCUT2D eigenvalue weighted by Crippen LogP contribution is 2.14. The van der Waals surface area contributed by atoms with Gasteiger partial charge in [-0.3, -0.25) is 4.79 Å². The minimum absolute atomic E-state index is 0.159. The van der Waals surface area contributed by atoms with Crippen molar-refractivity contribution in [2.75, 3.05) is 37.0 Å². The Morgan fingerprint density at radius 1 is 1.00 bits per heavy atom. The third kappa shape index (κ3) is 5.76. The van der Waals surface area contributed by atoms with Crippen LogP contribution in [-0.2, 0) is 17.8 Å². The fourth-order valence-corrected chi connectivity index (χ4v) is 3.86. The predicted octanol–water partition coefficient (Wildman–Crippen LogP) is 3.47. The molecule has 0 bridgehead atoms. The van der Waals surface area contributed by atoms with Crippen LogP contribution >= 0.6 is 11.8 Å². The number of benzene rings is 2. The van der Waals surface area contributed by atoms with Crippen LogP contribution in [0.1, 0.15) is 11.1 Å². The molecule has 1 fully saturated rings. The third-order valence-electron chi connectivity index (χ3n) is 4.53. The number of carbonyl (C=O) groups excluding carboxylic acids is 2. The summed E-state index contributed by atoms with van der Waals surface area (Å²) in [6.45, 7) is 2.23. The first-order chi connectivity index (χ1) is 13.1. The summed E-state index contributed by atoms with van der Waals surface area (Å²) in [5.41, 5.74) is 2.78. The van der Waals surface area contributed by atoms with Crippen molar-refractivity contribution in [2.24, 2.45) is 0 Å². The summed E-state index contributed by atoms with van der Waals surface area (Å²) in [4.78, 5) is 28.2. The molecular formula is C21H25N3O2S. The number of urea groups is 1. The second kappa shape index (κ2) is 9.46. The number of carbonyl (C=O) groups is 2. The largest absolute Gasteiger partial charge is 0.341 e. The first kappa shape index (κ1) is 19.3. The summed E-state index contributed by atoms with van der Waals surface area (Å²) in [5, 5.41) is 2.89. The molecule has 0 aliphatic carbocycles. The Hall–Kier alpha value is -2.47. The maximum atomic E-state index is 12.3. The SMILES string of the molecule is CN(Cc1ccccc1)C(=O)Nc1ccc(CC(=O)N2CCSCC2)cc1. The highest BCUT2D eigenvalue weighted by atomic mass is 32.2. The van der Waals surface area contributed by atoms with Crippen LogP contribution in [0.2, 0.25) is 0 Å². The van der Waals surface area contributed by atoms with Gasteiger partial charge in [-0.1, -0.05) is 42.5 Å². The zero-order valence-corrected chi connectivity index (χ0v) is 16.4. The van der Waals surface area contributed by atoms with Gasteiger partial charge in [-0.05, 0) is 23.3 Å². The van der Waals surface area contributed by atoms with Gasteiger partial charge >= 0.3 is 6.03 Å². The van der Waals surface area contributed by atoms with E-state index in [-0.39, 0.29) is 11.9 Å². The van der Waals surface area contributed by atoms with Gasteiger partial charge in [0.05, 0.1) is 6.42 Å². The van der Waals surface area contributed by atoms with E-state index in [1.54, 1.807) is 11.9 Å². The normalized spacial score (nSPS) is 13.9. The van der Waals surface area contributed by atoms with Gasteiger partial charge in [-0.25, -0.2) is 4.79 Å². The molecule has 0 atom stereocenters. The topological polar surface area (TPSA) is 52.7 Å². The quantitative estimate of drug-likeness (QED) is 0.860. The van der Waals surface area contributed by atoms with E-state index in [1.165, 1.54) is 0 Å². The van der Waals surface area contributed by atoms with Crippen LogP contribution < -0.4 is 5.32 Å². The van der Waals surface area contributed by atoms with Gasteiger partial charge in [-0.15, -0.1) is 0 Å². The van der Waals surface area contributed by atoms with Crippen molar-refractivity contribution >= 4 is 29.4 Å². The van der Waals surface area contributed by atoms with Crippen molar-refractivity contribution in [3.8, 4) is 0 Å². The van der Waals surface area contributed by atoms with Crippen molar-refractivity contribution < 1.29 is 9.59 Å². The molecule has 1 heterocycles. The molecule has 2 aromatic carbocycles. The Labute approximate surface area is 164 Å². The molecule has 0 unspecified atom stereocenters. The Morgan fingerprint density at radius 2 is 1.67 bits per heavy atom. The lowest BCUT2D eigenvalue weighted by molar-refractivity contribution is -0.130. The summed E-state index contributed by atoms with van der Waals surface area (Å²) in [5.74, 6) is 2.22. The smallest absolute Gasteiger partial charge is 0.321 e. The number of hydrogen-bond acceptors (Lipinski definition) is 3. The molecule has 6 heteroatoms. The molecular weight excluding hydrogens is 358 g/mol. The molecule has 3 rings (SSSR count). The summed E-state index contributed by atoms with van der Waals surface area (Å²) < 4.78 is 0. The number of thioether (sulfide) groups is 1. The average molecular weight is 384 g/mol. The molecule has 27 heavy (non-hydrogen) atoms. The van der Waals surface area contributed by atoms with E-state index in [1.807, 2.05) is 71.3 Å². The standard InChI is InChI=1S/C21H25N3O2S/c1-23(16-18-5-3-2-4-6-18)21(26)22-19-9-7-17(8-10-19)15-20(25)24-11-13-27-14-12-24/h2-10H,11-16H2,1H3,(H,22,26). The lowest BCUT2D eigenvalue weighted by atomic mass is 10.1. The van der Waals surface area contributed by atoms with Gasteiger partial charge in [0.25, 0.3) is 0 Å². The highest BCUT2D eigenvalue weighted by molar-refractivity contribution is 7.99. The number of anilines is 1. The van der Waals surface area contributed by atoms with Crippen molar-refractivity contribution in [1.29, 1.82) is 0 Å². The first-order valence-electron chi connectivity index (χ1n) is 9.12. The molecule has 0 aromatic heterocycles. The summed E-state index contributed by atoms with van der Waals surface area (Å²) in [7, 11) is 1.77. The van der Waals surface area contributed by atoms with E-state index >= 15 is 0 Å². The van der Waals surface area contributed by atoms with Gasteiger partial charge in [0.15, 0.2) is 0 Å². The van der Waals surface area contributed by atoms with Crippen LogP contribution in [0.5, 0.6) is 0 Å². The van der Waals surface area contributed by atoms with E-state index in [2.05, 4.69) is 5.32 Å². The average Bonchev–Trinajstić information content (AvgIpc) is 2.71. The zero-order chi connectivity index (χ0) is 19.1. The number of hydrogen-bond donors (Lipinski definition) is 1. The van der Waals surface area contributed by atoms with Crippen LogP contribution in [-0.4, -0.2) is 53.4 Å². The van der Waals surface area contributed by atoms with Crippen LogP contribution in [0.3, 0.4) is 0 Å². The van der Waals surface area contributed by atoms with Crippen LogP contribution in [0, 0.1) is 0 Å². The summed E-state index contributed by atoms with van der Waals surface area (Å²) in [6.07, 6.45) is 0.410. The lowest BCUT2D eigenvalue weighted by Gasteiger charge is -2.26. The molecule has 0 saturated carbocycles. The second-order valence-corrected chi connectivity index (χ2v) is 7.86. The van der Waals surface area contributed by atoms with Gasteiger partial charge in [0.1, 0.15) is 0 Å². The highest BCUT2D eigenvalue weighted by Gasteiger charge is 2.17. The minimum atomic E-state index is -0.159. The number of nitrogens with zero attached hydrogens (tertiary/aromatic N) is 2. The van der Waals surface area contributed by atoms with E-state index < -0.39 is 0 Å². The predicted molar refractivity (Wildman–Crippen MR) is 111 cm³/mol. The molecule has 0 radical (unpaired) electrons. The van der Waals surface area contributed by atoms with Crippen molar-refractivity contribution in [2.45, 2.75) is 13.0 Å². The van der Waals surface area contributed by atoms with Gasteiger partial charge in [0, 0.05) is 43.9 Å². The molecule has 1 aliphatic heterocycles. The third-order valence-corrected chi connectivity index (χ3v) is 5.48. The van der Waals surface area contributed by atoms with Crippen LogP contribution in [0.4, 0.5) is 10.5 Å². The van der Waals surface area contributed by atoms with E-state index in [0.29, 0.717) is 13.0 Å². The maximum absolute atomic E-state index is 12.3. The Morgan fingerprint density at radius 3 is 2.33 bits per heavy atom. The number of rotatable bonds is 5. The van der Waals surface area contributed by atoms with Gasteiger partial charge < -0.3 is 15.1 Å². The van der Waals surface area contributed by atoms with Crippen LogP contribution in [0.25, 0.3) is 0 Å². The van der Waals surface area contributed by atoms with Crippen molar-refractivity contribution in [3.05, 3.63) is 65.7 Å². The Kier molecular flexibility index (Phi) is 6.76. The molecule has 1 saturated heterocycles. The minimum Gasteiger partial charge on any atom is -0.341 e.